The molecule has 0 atom stereocenters. The highest BCUT2D eigenvalue weighted by Crippen LogP contribution is 2.41. The van der Waals surface area contributed by atoms with Crippen molar-refractivity contribution in [3.63, 3.8) is 0 Å². The first-order valence-corrected chi connectivity index (χ1v) is 11.4. The molecule has 2 nitrogen and oxygen atoms in total. The van der Waals surface area contributed by atoms with Crippen LogP contribution < -0.4 is 0 Å². The van der Waals surface area contributed by atoms with Crippen LogP contribution in [0.4, 0.5) is 4.39 Å². The summed E-state index contributed by atoms with van der Waals surface area (Å²) in [6, 6.07) is 17.0. The number of thiophene rings is 1. The first-order chi connectivity index (χ1) is 15.1. The van der Waals surface area contributed by atoms with Gasteiger partial charge in [0.2, 0.25) is 0 Å². The van der Waals surface area contributed by atoms with Crippen molar-refractivity contribution in [2.24, 2.45) is 0 Å². The number of aryl methyl sites for hydroxylation is 2. The Labute approximate surface area is 189 Å². The van der Waals surface area contributed by atoms with Gasteiger partial charge in [-0.2, -0.15) is 0 Å². The van der Waals surface area contributed by atoms with Crippen LogP contribution in [0.5, 0.6) is 0 Å². The van der Waals surface area contributed by atoms with Gasteiger partial charge in [-0.05, 0) is 71.8 Å². The predicted molar refractivity (Wildman–Crippen MR) is 124 cm³/mol. The van der Waals surface area contributed by atoms with E-state index in [-0.39, 0.29) is 22.8 Å². The number of carbonyl (C=O) groups excluding carboxylic acids is 1. The van der Waals surface area contributed by atoms with E-state index >= 15 is 0 Å². The van der Waals surface area contributed by atoms with Gasteiger partial charge in [0, 0.05) is 39.8 Å². The van der Waals surface area contributed by atoms with Crippen molar-refractivity contribution in [3.8, 4) is 21.6 Å². The maximum atomic E-state index is 14.2. The Kier molecular flexibility index (Phi) is 5.43. The van der Waals surface area contributed by atoms with E-state index in [1.54, 1.807) is 18.3 Å². The Morgan fingerprint density at radius 1 is 1.03 bits per heavy atom. The fourth-order valence-corrected chi connectivity index (χ4v) is 5.55. The summed E-state index contributed by atoms with van der Waals surface area (Å²) in [6.07, 6.45) is 6.57. The molecule has 0 N–H and O–H groups in total. The third kappa shape index (κ3) is 3.93. The van der Waals surface area contributed by atoms with Crippen LogP contribution in [0, 0.1) is 5.82 Å². The summed E-state index contributed by atoms with van der Waals surface area (Å²) in [4.78, 5) is 19.0. The molecule has 4 aromatic rings. The number of halogens is 2. The molecule has 5 heteroatoms. The number of rotatable bonds is 4. The summed E-state index contributed by atoms with van der Waals surface area (Å²) in [7, 11) is 0. The fraction of sp³-hybridized carbons (Fsp3) is 0.154. The molecule has 31 heavy (non-hydrogen) atoms. The predicted octanol–water partition coefficient (Wildman–Crippen LogP) is 7.18. The van der Waals surface area contributed by atoms with Crippen LogP contribution in [0.1, 0.15) is 32.8 Å². The molecule has 2 aromatic heterocycles. The van der Waals surface area contributed by atoms with E-state index in [2.05, 4.69) is 23.2 Å². The van der Waals surface area contributed by atoms with Gasteiger partial charge in [-0.15, -0.1) is 11.3 Å². The van der Waals surface area contributed by atoms with Gasteiger partial charge in [0.1, 0.15) is 5.82 Å². The van der Waals surface area contributed by atoms with Gasteiger partial charge in [0.15, 0.2) is 5.78 Å². The monoisotopic (exact) mass is 447 g/mol. The molecule has 0 spiro atoms. The van der Waals surface area contributed by atoms with Crippen LogP contribution >= 0.6 is 22.9 Å². The number of nitrogens with zero attached hydrogens (tertiary/aromatic N) is 1. The van der Waals surface area contributed by atoms with Crippen molar-refractivity contribution in [3.05, 3.63) is 99.4 Å². The summed E-state index contributed by atoms with van der Waals surface area (Å²) in [6.45, 7) is 0. The Hall–Kier alpha value is -2.82. The van der Waals surface area contributed by atoms with Gasteiger partial charge in [0.25, 0.3) is 0 Å². The maximum Gasteiger partial charge on any atom is 0.177 e. The van der Waals surface area contributed by atoms with E-state index in [1.165, 1.54) is 34.1 Å². The summed E-state index contributed by atoms with van der Waals surface area (Å²) >= 11 is 7.64. The topological polar surface area (TPSA) is 30.0 Å². The number of pyridine rings is 1. The molecule has 0 aliphatic heterocycles. The highest BCUT2D eigenvalue weighted by molar-refractivity contribution is 7.17. The molecule has 5 rings (SSSR count). The molecule has 0 unspecified atom stereocenters. The third-order valence-corrected chi connectivity index (χ3v) is 7.33. The molecule has 0 amide bonds. The van der Waals surface area contributed by atoms with Gasteiger partial charge in [-0.25, -0.2) is 4.39 Å². The van der Waals surface area contributed by atoms with Gasteiger partial charge in [-0.1, -0.05) is 35.9 Å². The SMILES string of the molecule is O=C(Cc1c(F)cccc1Cl)c1cc2c(s1)-c1cc(-c3cccnc3)ccc1CCC2. The van der Waals surface area contributed by atoms with E-state index in [4.69, 9.17) is 11.6 Å². The highest BCUT2D eigenvalue weighted by atomic mass is 35.5. The average Bonchev–Trinajstić information content (AvgIpc) is 3.14. The standard InChI is InChI=1S/C26H19ClFNOS/c27-22-7-2-8-23(28)21(22)14-24(30)25-13-18-5-1-4-16-9-10-17(12-20(16)26(18)31-25)19-6-3-11-29-15-19/h2-3,6-13,15H,1,4-5,14H2. The minimum absolute atomic E-state index is 0.0342. The van der Waals surface area contributed by atoms with Crippen molar-refractivity contribution in [1.82, 2.24) is 4.98 Å². The second-order valence-corrected chi connectivity index (χ2v) is 9.19. The van der Waals surface area contributed by atoms with Gasteiger partial charge in [-0.3, -0.25) is 9.78 Å². The minimum Gasteiger partial charge on any atom is -0.293 e. The van der Waals surface area contributed by atoms with Crippen LogP contribution in [0.15, 0.2) is 67.0 Å². The van der Waals surface area contributed by atoms with E-state index in [0.29, 0.717) is 4.88 Å². The largest absolute Gasteiger partial charge is 0.293 e. The van der Waals surface area contributed by atoms with Crippen LogP contribution in [-0.4, -0.2) is 10.8 Å². The summed E-state index contributed by atoms with van der Waals surface area (Å²) < 4.78 is 14.2. The van der Waals surface area contributed by atoms with Crippen molar-refractivity contribution in [2.75, 3.05) is 0 Å². The number of hydrogen-bond donors (Lipinski definition) is 0. The Bertz CT molecular complexity index is 1260. The molecule has 0 saturated heterocycles. The zero-order valence-electron chi connectivity index (χ0n) is 16.7. The number of hydrogen-bond acceptors (Lipinski definition) is 3. The number of ketones is 1. The summed E-state index contributed by atoms with van der Waals surface area (Å²) in [5, 5.41) is 0.290. The normalized spacial score (nSPS) is 12.7. The number of fused-ring (bicyclic) bond motifs is 3. The quantitative estimate of drug-likeness (QED) is 0.310. The Morgan fingerprint density at radius 3 is 2.71 bits per heavy atom. The van der Waals surface area contributed by atoms with E-state index in [9.17, 15) is 9.18 Å². The smallest absolute Gasteiger partial charge is 0.177 e. The lowest BCUT2D eigenvalue weighted by molar-refractivity contribution is 0.0995. The molecule has 0 fully saturated rings. The number of Topliss-reactive ketones (excluding diaryl/α,β-unsaturated/α-hetero) is 1. The summed E-state index contributed by atoms with van der Waals surface area (Å²) in [5.74, 6) is -0.541. The van der Waals surface area contributed by atoms with Crippen LogP contribution in [0.2, 0.25) is 5.02 Å². The highest BCUT2D eigenvalue weighted by Gasteiger charge is 2.22. The molecule has 2 heterocycles. The molecular formula is C26H19ClFNOS. The first kappa shape index (κ1) is 20.1. The lowest BCUT2D eigenvalue weighted by atomic mass is 9.98. The van der Waals surface area contributed by atoms with Crippen molar-refractivity contribution in [1.29, 1.82) is 0 Å². The van der Waals surface area contributed by atoms with Crippen molar-refractivity contribution < 1.29 is 9.18 Å². The third-order valence-electron chi connectivity index (χ3n) is 5.72. The fourth-order valence-electron chi connectivity index (χ4n) is 4.12. The first-order valence-electron chi connectivity index (χ1n) is 10.2. The van der Waals surface area contributed by atoms with Crippen molar-refractivity contribution >= 4 is 28.7 Å². The second-order valence-electron chi connectivity index (χ2n) is 7.73. The lowest BCUT2D eigenvalue weighted by Crippen LogP contribution is -2.04. The minimum atomic E-state index is -0.439. The Balaban J connectivity index is 1.53. The molecular weight excluding hydrogens is 429 g/mol. The molecule has 1 aliphatic rings. The number of aromatic nitrogens is 1. The van der Waals surface area contributed by atoms with Gasteiger partial charge in [0.05, 0.1) is 4.88 Å². The van der Waals surface area contributed by atoms with E-state index in [1.807, 2.05) is 24.4 Å². The number of benzene rings is 2. The van der Waals surface area contributed by atoms with Crippen LogP contribution in [0.25, 0.3) is 21.6 Å². The van der Waals surface area contributed by atoms with Crippen molar-refractivity contribution in [2.45, 2.75) is 25.7 Å². The molecule has 2 aromatic carbocycles. The zero-order chi connectivity index (χ0) is 21.4. The lowest BCUT2D eigenvalue weighted by Gasteiger charge is -2.09. The average molecular weight is 448 g/mol. The van der Waals surface area contributed by atoms with Gasteiger partial charge < -0.3 is 0 Å². The van der Waals surface area contributed by atoms with Crippen LogP contribution in [0.3, 0.4) is 0 Å². The Morgan fingerprint density at radius 2 is 1.90 bits per heavy atom. The molecule has 0 radical (unpaired) electrons. The molecule has 0 saturated carbocycles. The molecule has 0 bridgehead atoms. The summed E-state index contributed by atoms with van der Waals surface area (Å²) in [5.41, 5.74) is 6.11. The maximum absolute atomic E-state index is 14.2. The molecule has 154 valence electrons. The van der Waals surface area contributed by atoms with E-state index in [0.717, 1.165) is 35.3 Å². The zero-order valence-corrected chi connectivity index (χ0v) is 18.3. The number of carbonyl (C=O) groups is 1. The van der Waals surface area contributed by atoms with E-state index < -0.39 is 5.82 Å². The second kappa shape index (κ2) is 8.37. The van der Waals surface area contributed by atoms with Crippen LogP contribution in [-0.2, 0) is 19.3 Å². The molecule has 1 aliphatic carbocycles. The van der Waals surface area contributed by atoms with Gasteiger partial charge >= 0.3 is 0 Å².